The fraction of sp³-hybridized carbons (Fsp3) is 0.276. The van der Waals surface area contributed by atoms with Gasteiger partial charge in [-0.05, 0) is 36.6 Å². The van der Waals surface area contributed by atoms with Gasteiger partial charge >= 0.3 is 0 Å². The molecule has 192 valence electrons. The van der Waals surface area contributed by atoms with Gasteiger partial charge < -0.3 is 14.8 Å². The van der Waals surface area contributed by atoms with Crippen LogP contribution in [-0.2, 0) is 5.75 Å². The lowest BCUT2D eigenvalue weighted by Crippen LogP contribution is -2.27. The fourth-order valence-electron chi connectivity index (χ4n) is 3.90. The lowest BCUT2D eigenvalue weighted by molar-refractivity contribution is 0.0949. The molecule has 0 bridgehead atoms. The fourth-order valence-corrected chi connectivity index (χ4v) is 4.86. The van der Waals surface area contributed by atoms with Crippen molar-refractivity contribution in [3.05, 3.63) is 87.7 Å². The second kappa shape index (κ2) is 11.5. The molecule has 1 heterocycles. The van der Waals surface area contributed by atoms with Crippen LogP contribution in [0.15, 0.2) is 70.6 Å². The van der Waals surface area contributed by atoms with Crippen molar-refractivity contribution in [3.63, 3.8) is 0 Å². The molecule has 1 N–H and O–H groups in total. The monoisotopic (exact) mass is 517 g/mol. The molecule has 4 aromatic rings. The van der Waals surface area contributed by atoms with Crippen molar-refractivity contribution in [3.8, 4) is 17.2 Å². The normalized spacial score (nSPS) is 11.1. The van der Waals surface area contributed by atoms with E-state index in [4.69, 9.17) is 14.5 Å². The summed E-state index contributed by atoms with van der Waals surface area (Å²) in [6.45, 7) is 6.69. The van der Waals surface area contributed by atoms with Gasteiger partial charge in [-0.2, -0.15) is 0 Å². The third-order valence-electron chi connectivity index (χ3n) is 5.82. The van der Waals surface area contributed by atoms with Crippen LogP contribution in [0.5, 0.6) is 11.5 Å². The highest BCUT2D eigenvalue weighted by atomic mass is 32.2. The number of ether oxygens (including phenoxy) is 2. The Morgan fingerprint density at radius 3 is 2.41 bits per heavy atom. The molecule has 0 aliphatic heterocycles. The Labute approximate surface area is 220 Å². The van der Waals surface area contributed by atoms with Gasteiger partial charge in [-0.1, -0.05) is 55.4 Å². The van der Waals surface area contributed by atoms with E-state index in [1.807, 2.05) is 32.9 Å². The third kappa shape index (κ3) is 6.14. The van der Waals surface area contributed by atoms with Gasteiger partial charge in [0.2, 0.25) is 0 Å². The van der Waals surface area contributed by atoms with Gasteiger partial charge in [0, 0.05) is 36.1 Å². The number of fused-ring (bicyclic) bond motifs is 1. The zero-order valence-electron chi connectivity index (χ0n) is 21.7. The van der Waals surface area contributed by atoms with E-state index in [1.54, 1.807) is 55.2 Å². The maximum absolute atomic E-state index is 13.8. The van der Waals surface area contributed by atoms with E-state index < -0.39 is 0 Å². The minimum Gasteiger partial charge on any atom is -0.497 e. The quantitative estimate of drug-likeness (QED) is 0.237. The molecule has 0 radical (unpaired) electrons. The molecule has 0 aliphatic rings. The molecule has 0 aliphatic carbocycles. The summed E-state index contributed by atoms with van der Waals surface area (Å²) in [5, 5.41) is 3.85. The number of thioether (sulfide) groups is 1. The van der Waals surface area contributed by atoms with Crippen LogP contribution in [0.2, 0.25) is 0 Å². The van der Waals surface area contributed by atoms with Crippen LogP contribution in [0.3, 0.4) is 0 Å². The smallest absolute Gasteiger partial charge is 0.266 e. The first-order valence-electron chi connectivity index (χ1n) is 12.1. The summed E-state index contributed by atoms with van der Waals surface area (Å²) in [7, 11) is 3.14. The van der Waals surface area contributed by atoms with Crippen molar-refractivity contribution in [2.24, 2.45) is 5.92 Å². The van der Waals surface area contributed by atoms with E-state index in [-0.39, 0.29) is 11.5 Å². The van der Waals surface area contributed by atoms with Crippen LogP contribution in [0, 0.1) is 12.8 Å². The Morgan fingerprint density at radius 2 is 1.76 bits per heavy atom. The predicted molar refractivity (Wildman–Crippen MR) is 148 cm³/mol. The lowest BCUT2D eigenvalue weighted by Gasteiger charge is -2.16. The molecule has 0 fully saturated rings. The standard InChI is InChI=1S/C29H31N3O4S/c1-18(2)16-30-27(33)21-9-10-25-26(12-21)31-29(37-17-20-8-6-7-19(3)11-20)32(28(25)34)22-13-23(35-4)15-24(14-22)36-5/h6-15,18H,16-17H2,1-5H3,(H,30,33). The molecule has 7 nitrogen and oxygen atoms in total. The molecule has 37 heavy (non-hydrogen) atoms. The second-order valence-electron chi connectivity index (χ2n) is 9.22. The van der Waals surface area contributed by atoms with Gasteiger partial charge in [-0.3, -0.25) is 14.2 Å². The Bertz CT molecular complexity index is 1470. The van der Waals surface area contributed by atoms with Crippen molar-refractivity contribution in [1.29, 1.82) is 0 Å². The number of aromatic nitrogens is 2. The molecular weight excluding hydrogens is 486 g/mol. The van der Waals surface area contributed by atoms with Crippen molar-refractivity contribution < 1.29 is 14.3 Å². The maximum atomic E-state index is 13.8. The van der Waals surface area contributed by atoms with Crippen LogP contribution in [0.4, 0.5) is 0 Å². The molecule has 0 atom stereocenters. The van der Waals surface area contributed by atoms with E-state index in [0.29, 0.717) is 57.0 Å². The van der Waals surface area contributed by atoms with Crippen LogP contribution in [-0.4, -0.2) is 36.2 Å². The van der Waals surface area contributed by atoms with E-state index in [2.05, 4.69) is 17.4 Å². The minimum absolute atomic E-state index is 0.187. The average Bonchev–Trinajstić information content (AvgIpc) is 2.89. The van der Waals surface area contributed by atoms with Gasteiger partial charge in [0.15, 0.2) is 5.16 Å². The zero-order chi connectivity index (χ0) is 26.5. The number of rotatable bonds is 9. The minimum atomic E-state index is -0.235. The summed E-state index contributed by atoms with van der Waals surface area (Å²) in [5.41, 5.74) is 3.57. The number of methoxy groups -OCH3 is 2. The van der Waals surface area contributed by atoms with Crippen LogP contribution >= 0.6 is 11.8 Å². The number of carbonyl (C=O) groups excluding carboxylic acids is 1. The summed E-state index contributed by atoms with van der Waals surface area (Å²) >= 11 is 1.46. The Balaban J connectivity index is 1.85. The first kappa shape index (κ1) is 26.3. The Kier molecular flexibility index (Phi) is 8.18. The number of nitrogens with one attached hydrogen (secondary N) is 1. The van der Waals surface area contributed by atoms with Gasteiger partial charge in [-0.25, -0.2) is 4.98 Å². The molecule has 1 amide bonds. The highest BCUT2D eigenvalue weighted by Gasteiger charge is 2.17. The summed E-state index contributed by atoms with van der Waals surface area (Å²) in [5.74, 6) is 1.89. The topological polar surface area (TPSA) is 82.4 Å². The second-order valence-corrected chi connectivity index (χ2v) is 10.2. The first-order chi connectivity index (χ1) is 17.8. The number of nitrogens with zero attached hydrogens (tertiary/aromatic N) is 2. The number of hydrogen-bond acceptors (Lipinski definition) is 6. The maximum Gasteiger partial charge on any atom is 0.266 e. The molecular formula is C29H31N3O4S. The van der Waals surface area contributed by atoms with Gasteiger partial charge in [0.05, 0.1) is 30.8 Å². The molecule has 3 aromatic carbocycles. The largest absolute Gasteiger partial charge is 0.497 e. The highest BCUT2D eigenvalue weighted by molar-refractivity contribution is 7.98. The van der Waals surface area contributed by atoms with Crippen LogP contribution < -0.4 is 20.3 Å². The van der Waals surface area contributed by atoms with Crippen molar-refractivity contribution >= 4 is 28.6 Å². The number of amides is 1. The predicted octanol–water partition coefficient (Wildman–Crippen LogP) is 5.39. The SMILES string of the molecule is COc1cc(OC)cc(-n2c(SCc3cccc(C)c3)nc3cc(C(=O)NCC(C)C)ccc3c2=O)c1. The highest BCUT2D eigenvalue weighted by Crippen LogP contribution is 2.29. The summed E-state index contributed by atoms with van der Waals surface area (Å²) in [4.78, 5) is 31.4. The zero-order valence-corrected chi connectivity index (χ0v) is 22.5. The molecule has 0 saturated carbocycles. The lowest BCUT2D eigenvalue weighted by atomic mass is 10.1. The number of carbonyl (C=O) groups is 1. The molecule has 0 saturated heterocycles. The van der Waals surface area contributed by atoms with Crippen molar-refractivity contribution in [2.45, 2.75) is 31.7 Å². The summed E-state index contributed by atoms with van der Waals surface area (Å²) < 4.78 is 12.5. The van der Waals surface area contributed by atoms with E-state index in [1.165, 1.54) is 11.8 Å². The number of benzene rings is 3. The van der Waals surface area contributed by atoms with E-state index >= 15 is 0 Å². The molecule has 0 spiro atoms. The van der Waals surface area contributed by atoms with Gasteiger partial charge in [-0.15, -0.1) is 0 Å². The van der Waals surface area contributed by atoms with Crippen molar-refractivity contribution in [2.75, 3.05) is 20.8 Å². The van der Waals surface area contributed by atoms with E-state index in [9.17, 15) is 9.59 Å². The van der Waals surface area contributed by atoms with Gasteiger partial charge in [0.25, 0.3) is 11.5 Å². The molecule has 8 heteroatoms. The Hall–Kier alpha value is -3.78. The number of hydrogen-bond donors (Lipinski definition) is 1. The summed E-state index contributed by atoms with van der Waals surface area (Å²) in [6.07, 6.45) is 0. The Morgan fingerprint density at radius 1 is 1.03 bits per heavy atom. The van der Waals surface area contributed by atoms with Gasteiger partial charge in [0.1, 0.15) is 11.5 Å². The first-order valence-corrected chi connectivity index (χ1v) is 13.0. The van der Waals surface area contributed by atoms with Crippen LogP contribution in [0.25, 0.3) is 16.6 Å². The molecule has 4 rings (SSSR count). The molecule has 1 aromatic heterocycles. The van der Waals surface area contributed by atoms with Crippen molar-refractivity contribution in [1.82, 2.24) is 14.9 Å². The van der Waals surface area contributed by atoms with Crippen LogP contribution in [0.1, 0.15) is 35.3 Å². The number of aryl methyl sites for hydroxylation is 1. The average molecular weight is 518 g/mol. The molecule has 0 unspecified atom stereocenters. The summed E-state index contributed by atoms with van der Waals surface area (Å²) in [6, 6.07) is 18.5. The van der Waals surface area contributed by atoms with E-state index in [0.717, 1.165) is 11.1 Å². The third-order valence-corrected chi connectivity index (χ3v) is 6.83.